The van der Waals surface area contributed by atoms with Gasteiger partial charge >= 0.3 is 33.7 Å². The van der Waals surface area contributed by atoms with E-state index in [1.54, 1.807) is 0 Å². The molecule has 36 valence electrons. The first-order valence-corrected chi connectivity index (χ1v) is 3.38. The fourth-order valence-corrected chi connectivity index (χ4v) is 0. The van der Waals surface area contributed by atoms with Crippen LogP contribution >= 0.6 is 0 Å². The molecule has 0 saturated heterocycles. The Hall–Kier alpha value is 1.68. The first-order valence-electron chi connectivity index (χ1n) is 0.451. The molecule has 0 atom stereocenters. The smallest absolute Gasteiger partial charge is 0 e. The molecule has 0 aliphatic heterocycles. The summed E-state index contributed by atoms with van der Waals surface area (Å²) in [5.74, 6) is 0. The summed E-state index contributed by atoms with van der Waals surface area (Å²) in [6, 6.07) is 0. The van der Waals surface area contributed by atoms with E-state index in [2.05, 4.69) is 14.2 Å². The molecule has 0 bridgehead atoms. The minimum absolute atomic E-state index is 0. The first kappa shape index (κ1) is 15.9. The van der Waals surface area contributed by atoms with Crippen LogP contribution in [0.5, 0.6) is 0 Å². The van der Waals surface area contributed by atoms with Crippen LogP contribution in [0, 0.1) is 0 Å². The van der Waals surface area contributed by atoms with Gasteiger partial charge in [-0.15, -0.1) is 0 Å². The topological polar surface area (TPSA) is 0 Å². The maximum absolute atomic E-state index is 3.45. The summed E-state index contributed by atoms with van der Waals surface area (Å²) >= 11 is 4.64. The second-order valence-electron chi connectivity index (χ2n) is 0.118. The Morgan fingerprint density at radius 1 is 1.60 bits per heavy atom. The van der Waals surface area contributed by atoms with Crippen molar-refractivity contribution in [3.05, 3.63) is 0 Å². The summed E-state index contributed by atoms with van der Waals surface area (Å²) in [6.45, 7) is 1.98. The van der Waals surface area contributed by atoms with Gasteiger partial charge in [0.1, 0.15) is 0 Å². The Kier molecular flexibility index (Phi) is 55.2. The van der Waals surface area contributed by atoms with E-state index in [4.69, 9.17) is 0 Å². The van der Waals surface area contributed by atoms with E-state index in [-0.39, 0.29) is 25.5 Å². The average Bonchev–Trinajstić information content (AvgIpc) is 0.918. The van der Waals surface area contributed by atoms with Gasteiger partial charge in [-0.2, -0.15) is 0 Å². The minimum atomic E-state index is 0. The third-order valence-corrected chi connectivity index (χ3v) is 0. The molecule has 0 nitrogen and oxygen atoms in total. The van der Waals surface area contributed by atoms with E-state index in [1.165, 1.54) is 12.7 Å². The number of hydrogen-bond donors (Lipinski definition) is 0. The molecule has 0 radical (unpaired) electrons. The molecule has 0 amide bonds. The molecule has 0 aromatic heterocycles. The summed E-state index contributed by atoms with van der Waals surface area (Å²) in [7, 11) is 0. The Balaban J connectivity index is -0.0000000200. The van der Waals surface area contributed by atoms with Crippen molar-refractivity contribution in [3.63, 3.8) is 0 Å². The average molecular weight is 197 g/mol. The van der Waals surface area contributed by atoms with Gasteiger partial charge in [0.15, 0.2) is 0 Å². The second kappa shape index (κ2) is 17.3. The van der Waals surface area contributed by atoms with Gasteiger partial charge in [0, 0.05) is 17.1 Å². The molecule has 0 aliphatic rings. The molecule has 0 spiro atoms. The first-order chi connectivity index (χ1) is 1.41. The van der Waals surface area contributed by atoms with E-state index in [0.29, 0.717) is 0 Å². The standard InChI is InChI=1S/BH3.BH2.Co.2Fe/h1H3;1H2;;;/q;+1;-1;;. The van der Waals surface area contributed by atoms with E-state index < -0.39 is 0 Å². The van der Waals surface area contributed by atoms with Gasteiger partial charge in [-0.05, 0) is 0 Å². The Bertz CT molecular complexity index is 7.61. The molecular weight excluding hydrogens is 192 g/mol. The van der Waals surface area contributed by atoms with Crippen LogP contribution in [0.3, 0.4) is 0 Å². The van der Waals surface area contributed by atoms with Crippen molar-refractivity contribution in [1.82, 2.24) is 0 Å². The Labute approximate surface area is 58.9 Å². The summed E-state index contributed by atoms with van der Waals surface area (Å²) < 4.78 is 0. The van der Waals surface area contributed by atoms with Gasteiger partial charge in [0.25, 0.3) is 0 Å². The van der Waals surface area contributed by atoms with Crippen molar-refractivity contribution >= 4 is 15.1 Å². The minimum Gasteiger partial charge on any atom is 0 e. The van der Waals surface area contributed by atoms with Crippen LogP contribution in [0.15, 0.2) is 0 Å². The van der Waals surface area contributed by atoms with Gasteiger partial charge in [0.2, 0.25) is 0 Å². The SMILES string of the molecule is B.[BH2][Co][Fe].[Fe]. The van der Waals surface area contributed by atoms with Gasteiger partial charge in [0.05, 0.1) is 8.41 Å². The van der Waals surface area contributed by atoms with Crippen LogP contribution in [0.1, 0.15) is 0 Å². The zero-order chi connectivity index (χ0) is 2.71. The molecule has 0 aromatic carbocycles. The fourth-order valence-electron chi connectivity index (χ4n) is 0. The van der Waals surface area contributed by atoms with Crippen molar-refractivity contribution in [1.29, 1.82) is 0 Å². The molecule has 0 rings (SSSR count). The predicted molar refractivity (Wildman–Crippen MR) is 18.5 cm³/mol. The van der Waals surface area contributed by atoms with Gasteiger partial charge in [-0.3, -0.25) is 0 Å². The predicted octanol–water partition coefficient (Wildman–Crippen LogP) is -2.11. The van der Waals surface area contributed by atoms with Crippen LogP contribution < -0.4 is 0 Å². The third kappa shape index (κ3) is 27.3. The maximum atomic E-state index is 3.45. The fraction of sp³-hybridized carbons (Fsp3) is 0. The molecule has 0 fully saturated rings. The van der Waals surface area contributed by atoms with Crippen molar-refractivity contribution in [2.45, 2.75) is 0 Å². The summed E-state index contributed by atoms with van der Waals surface area (Å²) in [6.07, 6.45) is 0. The number of hydrogen-bond acceptors (Lipinski definition) is 0. The Morgan fingerprint density at radius 3 is 1.60 bits per heavy atom. The summed E-state index contributed by atoms with van der Waals surface area (Å²) in [4.78, 5) is 0. The monoisotopic (exact) mass is 198 g/mol. The van der Waals surface area contributed by atoms with Crippen LogP contribution in [0.2, 0.25) is 0 Å². The van der Waals surface area contributed by atoms with Crippen molar-refractivity contribution in [3.8, 4) is 0 Å². The summed E-state index contributed by atoms with van der Waals surface area (Å²) in [5, 5.41) is 0. The zero-order valence-corrected chi connectivity index (χ0v) is 5.29. The van der Waals surface area contributed by atoms with Gasteiger partial charge < -0.3 is 0 Å². The molecule has 5 heteroatoms. The second-order valence-corrected chi connectivity index (χ2v) is 2.00. The van der Waals surface area contributed by atoms with Gasteiger partial charge in [-0.25, -0.2) is 0 Å². The van der Waals surface area contributed by atoms with Crippen LogP contribution in [-0.4, -0.2) is 15.1 Å². The summed E-state index contributed by atoms with van der Waals surface area (Å²) in [5.41, 5.74) is 0. The molecule has 0 unspecified atom stereocenters. The molecule has 5 heavy (non-hydrogen) atoms. The van der Waals surface area contributed by atoms with Crippen molar-refractivity contribution in [2.24, 2.45) is 0 Å². The normalized spacial score (nSPS) is 4.20. The number of rotatable bonds is 0. The van der Waals surface area contributed by atoms with Crippen molar-refractivity contribution in [2.75, 3.05) is 0 Å². The molecule has 0 N–H and O–H groups in total. The molecule has 0 aliphatic carbocycles. The zero-order valence-electron chi connectivity index (χ0n) is 2.04. The molecule has 0 saturated carbocycles. The van der Waals surface area contributed by atoms with Crippen LogP contribution in [-0.2, 0) is 44.0 Å². The maximum Gasteiger partial charge on any atom is 0 e. The quantitative estimate of drug-likeness (QED) is 0.390. The largest absolute Gasteiger partial charge is 0 e. The van der Waals surface area contributed by atoms with E-state index in [9.17, 15) is 0 Å². The Morgan fingerprint density at radius 2 is 1.60 bits per heavy atom. The van der Waals surface area contributed by atoms with E-state index >= 15 is 0 Å². The molecule has 0 aromatic rings. The van der Waals surface area contributed by atoms with E-state index in [0.717, 1.165) is 0 Å². The van der Waals surface area contributed by atoms with Crippen molar-refractivity contribution < 1.29 is 44.0 Å². The van der Waals surface area contributed by atoms with Crippen LogP contribution in [0.4, 0.5) is 0 Å². The molecule has 0 heterocycles. The van der Waals surface area contributed by atoms with Gasteiger partial charge in [-0.1, -0.05) is 0 Å². The third-order valence-electron chi connectivity index (χ3n) is 0. The molecular formula is H5B2CoFe2. The van der Waals surface area contributed by atoms with E-state index in [1.807, 2.05) is 6.70 Å². The van der Waals surface area contributed by atoms with Crippen LogP contribution in [0.25, 0.3) is 0 Å².